The van der Waals surface area contributed by atoms with Crippen molar-refractivity contribution in [2.24, 2.45) is 0 Å². The van der Waals surface area contributed by atoms with Crippen LogP contribution in [-0.2, 0) is 16.0 Å². The zero-order valence-corrected chi connectivity index (χ0v) is 11.1. The van der Waals surface area contributed by atoms with Crippen LogP contribution in [0.25, 0.3) is 0 Å². The van der Waals surface area contributed by atoms with Gasteiger partial charge in [-0.15, -0.1) is 0 Å². The first-order chi connectivity index (χ1) is 8.41. The first-order valence-corrected chi connectivity index (χ1v) is 6.13. The predicted octanol–water partition coefficient (Wildman–Crippen LogP) is 1.81. The number of rotatable bonds is 3. The molecule has 1 fully saturated rings. The fraction of sp³-hybridized carbons (Fsp3) is 0.615. The Bertz CT molecular complexity index is 451. The van der Waals surface area contributed by atoms with Gasteiger partial charge in [-0.25, -0.2) is 4.79 Å². The van der Waals surface area contributed by atoms with E-state index in [0.717, 1.165) is 12.8 Å². The van der Waals surface area contributed by atoms with E-state index >= 15 is 0 Å². The molecule has 1 atom stereocenters. The maximum absolute atomic E-state index is 11.6. The fourth-order valence-corrected chi connectivity index (χ4v) is 2.38. The maximum atomic E-state index is 11.6. The minimum absolute atomic E-state index is 0.0746. The van der Waals surface area contributed by atoms with E-state index in [4.69, 9.17) is 15.2 Å². The number of nitrogens with zero attached hydrogens (tertiary/aromatic N) is 1. The summed E-state index contributed by atoms with van der Waals surface area (Å²) in [6.45, 7) is 4.79. The van der Waals surface area contributed by atoms with Crippen molar-refractivity contribution in [2.75, 3.05) is 12.8 Å². The van der Waals surface area contributed by atoms with Crippen molar-refractivity contribution in [1.29, 1.82) is 0 Å². The second-order valence-electron chi connectivity index (χ2n) is 5.34. The molecule has 0 bridgehead atoms. The average molecular weight is 252 g/mol. The number of nitrogen functional groups attached to an aromatic ring is 1. The molecule has 1 aromatic heterocycles. The summed E-state index contributed by atoms with van der Waals surface area (Å²) >= 11 is 0. The Hall–Kier alpha value is -1.49. The minimum atomic E-state index is -0.371. The number of hydrogen-bond donors (Lipinski definition) is 1. The van der Waals surface area contributed by atoms with Crippen LogP contribution >= 0.6 is 0 Å². The number of methoxy groups -OCH3 is 1. The van der Waals surface area contributed by atoms with Gasteiger partial charge in [-0.05, 0) is 32.8 Å². The molecule has 2 N–H and O–H groups in total. The van der Waals surface area contributed by atoms with Crippen molar-refractivity contribution in [3.05, 3.63) is 18.0 Å². The molecule has 1 aliphatic rings. The molecule has 2 rings (SSSR count). The van der Waals surface area contributed by atoms with Gasteiger partial charge < -0.3 is 19.8 Å². The Morgan fingerprint density at radius 3 is 2.94 bits per heavy atom. The fourth-order valence-electron chi connectivity index (χ4n) is 2.38. The van der Waals surface area contributed by atoms with Gasteiger partial charge in [0.1, 0.15) is 5.69 Å². The van der Waals surface area contributed by atoms with E-state index in [0.29, 0.717) is 17.9 Å². The highest BCUT2D eigenvalue weighted by molar-refractivity contribution is 5.88. The summed E-state index contributed by atoms with van der Waals surface area (Å²) in [4.78, 5) is 11.6. The van der Waals surface area contributed by atoms with E-state index < -0.39 is 0 Å². The summed E-state index contributed by atoms with van der Waals surface area (Å²) in [5.41, 5.74) is 6.69. The van der Waals surface area contributed by atoms with Gasteiger partial charge in [0.05, 0.1) is 24.5 Å². The summed E-state index contributed by atoms with van der Waals surface area (Å²) in [6, 6.07) is 1.63. The van der Waals surface area contributed by atoms with Crippen LogP contribution in [0.3, 0.4) is 0 Å². The Labute approximate surface area is 107 Å². The summed E-state index contributed by atoms with van der Waals surface area (Å²) in [5, 5.41) is 0. The molecule has 5 nitrogen and oxygen atoms in total. The van der Waals surface area contributed by atoms with Crippen LogP contribution < -0.4 is 5.73 Å². The van der Waals surface area contributed by atoms with Gasteiger partial charge >= 0.3 is 5.97 Å². The third-order valence-electron chi connectivity index (χ3n) is 3.27. The molecule has 1 aromatic rings. The molecule has 18 heavy (non-hydrogen) atoms. The third-order valence-corrected chi connectivity index (χ3v) is 3.27. The number of ether oxygens (including phenoxy) is 2. The first kappa shape index (κ1) is 13.0. The normalized spacial score (nSPS) is 22.1. The van der Waals surface area contributed by atoms with Crippen LogP contribution in [0.15, 0.2) is 12.3 Å². The largest absolute Gasteiger partial charge is 0.464 e. The van der Waals surface area contributed by atoms with Crippen LogP contribution in [0, 0.1) is 0 Å². The summed E-state index contributed by atoms with van der Waals surface area (Å²) < 4.78 is 12.5. The average Bonchev–Trinajstić information content (AvgIpc) is 2.81. The van der Waals surface area contributed by atoms with Crippen molar-refractivity contribution in [3.8, 4) is 0 Å². The molecule has 2 heterocycles. The van der Waals surface area contributed by atoms with Gasteiger partial charge in [0.25, 0.3) is 0 Å². The summed E-state index contributed by atoms with van der Waals surface area (Å²) in [5.74, 6) is -0.371. The van der Waals surface area contributed by atoms with E-state index in [1.54, 1.807) is 12.3 Å². The quantitative estimate of drug-likeness (QED) is 0.833. The molecule has 0 saturated carbocycles. The second-order valence-corrected chi connectivity index (χ2v) is 5.34. The van der Waals surface area contributed by atoms with Crippen molar-refractivity contribution in [1.82, 2.24) is 4.57 Å². The summed E-state index contributed by atoms with van der Waals surface area (Å²) in [7, 11) is 1.37. The van der Waals surface area contributed by atoms with E-state index in [-0.39, 0.29) is 17.7 Å². The van der Waals surface area contributed by atoms with E-state index in [1.165, 1.54) is 7.11 Å². The second kappa shape index (κ2) is 4.65. The number of hydrogen-bond acceptors (Lipinski definition) is 4. The van der Waals surface area contributed by atoms with E-state index in [2.05, 4.69) is 13.8 Å². The van der Waals surface area contributed by atoms with Crippen molar-refractivity contribution < 1.29 is 14.3 Å². The van der Waals surface area contributed by atoms with Gasteiger partial charge in [-0.1, -0.05) is 0 Å². The smallest absolute Gasteiger partial charge is 0.354 e. The van der Waals surface area contributed by atoms with Crippen LogP contribution in [0.1, 0.15) is 37.2 Å². The molecule has 1 aliphatic heterocycles. The number of esters is 1. The Morgan fingerprint density at radius 1 is 1.67 bits per heavy atom. The van der Waals surface area contributed by atoms with E-state index in [1.807, 2.05) is 4.57 Å². The molecular formula is C13H20N2O3. The molecule has 0 aromatic carbocycles. The number of carbonyl (C=O) groups is 1. The van der Waals surface area contributed by atoms with Crippen LogP contribution in [0.5, 0.6) is 0 Å². The number of aromatic nitrogens is 1. The SMILES string of the molecule is COC(=O)c1cc(N)cn1CC1CCC(C)(C)O1. The van der Waals surface area contributed by atoms with Crippen molar-refractivity contribution >= 4 is 11.7 Å². The Kier molecular flexibility index (Phi) is 3.34. The lowest BCUT2D eigenvalue weighted by Crippen LogP contribution is -2.24. The maximum Gasteiger partial charge on any atom is 0.354 e. The lowest BCUT2D eigenvalue weighted by atomic mass is 10.1. The summed E-state index contributed by atoms with van der Waals surface area (Å²) in [6.07, 6.45) is 3.89. The topological polar surface area (TPSA) is 66.5 Å². The molecule has 1 unspecified atom stereocenters. The number of carbonyl (C=O) groups excluding carboxylic acids is 1. The highest BCUT2D eigenvalue weighted by atomic mass is 16.5. The van der Waals surface area contributed by atoms with Gasteiger partial charge in [-0.2, -0.15) is 0 Å². The highest BCUT2D eigenvalue weighted by Crippen LogP contribution is 2.30. The molecule has 0 spiro atoms. The van der Waals surface area contributed by atoms with Gasteiger partial charge in [0.2, 0.25) is 0 Å². The molecule has 100 valence electrons. The first-order valence-electron chi connectivity index (χ1n) is 6.13. The molecule has 0 amide bonds. The van der Waals surface area contributed by atoms with Gasteiger partial charge in [0, 0.05) is 12.7 Å². The van der Waals surface area contributed by atoms with Crippen LogP contribution in [0.4, 0.5) is 5.69 Å². The Morgan fingerprint density at radius 2 is 2.39 bits per heavy atom. The monoisotopic (exact) mass is 252 g/mol. The minimum Gasteiger partial charge on any atom is -0.464 e. The number of anilines is 1. The van der Waals surface area contributed by atoms with Crippen molar-refractivity contribution in [3.63, 3.8) is 0 Å². The van der Waals surface area contributed by atoms with E-state index in [9.17, 15) is 4.79 Å². The lowest BCUT2D eigenvalue weighted by molar-refractivity contribution is -0.0219. The molecule has 0 aliphatic carbocycles. The third kappa shape index (κ3) is 2.67. The molecule has 1 saturated heterocycles. The molecule has 5 heteroatoms. The zero-order valence-electron chi connectivity index (χ0n) is 11.1. The Balaban J connectivity index is 2.12. The van der Waals surface area contributed by atoms with Crippen molar-refractivity contribution in [2.45, 2.75) is 44.9 Å². The lowest BCUT2D eigenvalue weighted by Gasteiger charge is -2.20. The molecule has 0 radical (unpaired) electrons. The standard InChI is InChI=1S/C13H20N2O3/c1-13(2)5-4-10(18-13)8-15-7-9(14)6-11(15)12(16)17-3/h6-7,10H,4-5,8,14H2,1-3H3. The van der Waals surface area contributed by atoms with Gasteiger partial charge in [-0.3, -0.25) is 0 Å². The zero-order chi connectivity index (χ0) is 13.3. The van der Waals surface area contributed by atoms with Crippen LogP contribution in [0.2, 0.25) is 0 Å². The molecular weight excluding hydrogens is 232 g/mol. The van der Waals surface area contributed by atoms with Crippen LogP contribution in [-0.4, -0.2) is 29.4 Å². The van der Waals surface area contributed by atoms with Gasteiger partial charge in [0.15, 0.2) is 0 Å². The number of nitrogens with two attached hydrogens (primary N) is 1. The highest BCUT2D eigenvalue weighted by Gasteiger charge is 2.32. The predicted molar refractivity (Wildman–Crippen MR) is 68.4 cm³/mol.